The lowest BCUT2D eigenvalue weighted by Crippen LogP contribution is -2.37. The summed E-state index contributed by atoms with van der Waals surface area (Å²) in [4.78, 5) is 15.0. The van der Waals surface area contributed by atoms with Crippen LogP contribution in [0.3, 0.4) is 0 Å². The topological polar surface area (TPSA) is 71.0 Å². The first kappa shape index (κ1) is 31.4. The Hall–Kier alpha value is -4.59. The maximum absolute atomic E-state index is 12.7. The van der Waals surface area contributed by atoms with Gasteiger partial charge in [0.1, 0.15) is 0 Å². The summed E-state index contributed by atoms with van der Waals surface area (Å²) >= 11 is 0. The van der Waals surface area contributed by atoms with Gasteiger partial charge in [-0.05, 0) is 52.6 Å². The van der Waals surface area contributed by atoms with Crippen LogP contribution in [0.4, 0.5) is 0 Å². The first-order valence-electron chi connectivity index (χ1n) is 15.8. The highest BCUT2D eigenvalue weighted by atomic mass is 16.7. The molecule has 5 aromatic rings. The van der Waals surface area contributed by atoms with Crippen molar-refractivity contribution in [1.82, 2.24) is 10.2 Å². The van der Waals surface area contributed by atoms with Crippen LogP contribution in [0, 0.1) is 0 Å². The van der Waals surface area contributed by atoms with Crippen LogP contribution in [0.25, 0.3) is 11.1 Å². The van der Waals surface area contributed by atoms with Gasteiger partial charge < -0.3 is 19.9 Å². The summed E-state index contributed by atoms with van der Waals surface area (Å²) < 4.78 is 13.2. The molecule has 0 aliphatic carbocycles. The second-order valence-electron chi connectivity index (χ2n) is 11.9. The van der Waals surface area contributed by atoms with Crippen molar-refractivity contribution in [3.63, 3.8) is 0 Å². The van der Waals surface area contributed by atoms with Gasteiger partial charge in [0.15, 0.2) is 6.29 Å². The Balaban J connectivity index is 1.18. The van der Waals surface area contributed by atoms with Crippen LogP contribution in [0.5, 0.6) is 0 Å². The third-order valence-corrected chi connectivity index (χ3v) is 8.41. The minimum Gasteiger partial charge on any atom is -0.392 e. The van der Waals surface area contributed by atoms with E-state index in [-0.39, 0.29) is 24.7 Å². The molecule has 0 saturated carbocycles. The van der Waals surface area contributed by atoms with Gasteiger partial charge >= 0.3 is 0 Å². The fraction of sp³-hybridized carbons (Fsp3) is 0.225. The van der Waals surface area contributed by atoms with Crippen molar-refractivity contribution in [3.8, 4) is 11.1 Å². The van der Waals surface area contributed by atoms with Crippen molar-refractivity contribution >= 4 is 5.91 Å². The van der Waals surface area contributed by atoms with Crippen molar-refractivity contribution in [2.24, 2.45) is 0 Å². The Morgan fingerprint density at radius 3 is 2.13 bits per heavy atom. The molecule has 6 nitrogen and oxygen atoms in total. The molecular formula is C40H40N2O4. The Kier molecular flexibility index (Phi) is 10.3. The quantitative estimate of drug-likeness (QED) is 0.162. The zero-order valence-corrected chi connectivity index (χ0v) is 26.1. The molecule has 3 unspecified atom stereocenters. The monoisotopic (exact) mass is 612 g/mol. The molecule has 46 heavy (non-hydrogen) atoms. The minimum absolute atomic E-state index is 0.0132. The summed E-state index contributed by atoms with van der Waals surface area (Å²) in [6.07, 6.45) is 0.0218. The highest BCUT2D eigenvalue weighted by Crippen LogP contribution is 2.39. The second-order valence-corrected chi connectivity index (χ2v) is 11.9. The van der Waals surface area contributed by atoms with Crippen LogP contribution >= 0.6 is 0 Å². The van der Waals surface area contributed by atoms with Crippen LogP contribution in [0.15, 0.2) is 133 Å². The van der Waals surface area contributed by atoms with Crippen LogP contribution in [-0.4, -0.2) is 35.6 Å². The summed E-state index contributed by atoms with van der Waals surface area (Å²) in [6, 6.07) is 44.2. The number of rotatable bonds is 11. The van der Waals surface area contributed by atoms with Crippen molar-refractivity contribution in [2.75, 3.05) is 13.6 Å². The third-order valence-electron chi connectivity index (χ3n) is 8.41. The first-order chi connectivity index (χ1) is 22.6. The highest BCUT2D eigenvalue weighted by Gasteiger charge is 2.32. The molecule has 6 rings (SSSR count). The van der Waals surface area contributed by atoms with E-state index in [9.17, 15) is 9.90 Å². The number of nitrogens with zero attached hydrogens (tertiary/aromatic N) is 1. The summed E-state index contributed by atoms with van der Waals surface area (Å²) in [5.41, 5.74) is 7.97. The fourth-order valence-electron chi connectivity index (χ4n) is 5.98. The third kappa shape index (κ3) is 7.97. The molecule has 2 N–H and O–H groups in total. The number of nitrogens with one attached hydrogen (secondary N) is 1. The number of aliphatic hydroxyl groups is 1. The van der Waals surface area contributed by atoms with Gasteiger partial charge in [-0.15, -0.1) is 0 Å². The van der Waals surface area contributed by atoms with E-state index in [4.69, 9.17) is 9.47 Å². The van der Waals surface area contributed by atoms with E-state index in [1.807, 2.05) is 78.9 Å². The van der Waals surface area contributed by atoms with Gasteiger partial charge in [-0.3, -0.25) is 9.69 Å². The van der Waals surface area contributed by atoms with E-state index < -0.39 is 6.29 Å². The highest BCUT2D eigenvalue weighted by molar-refractivity contribution is 5.94. The summed E-state index contributed by atoms with van der Waals surface area (Å²) in [6.45, 7) is 2.04. The predicted molar refractivity (Wildman–Crippen MR) is 181 cm³/mol. The van der Waals surface area contributed by atoms with Crippen LogP contribution in [-0.2, 0) is 29.2 Å². The number of carbonyl (C=O) groups excluding carboxylic acids is 1. The molecule has 1 saturated heterocycles. The maximum Gasteiger partial charge on any atom is 0.251 e. The molecule has 1 aliphatic rings. The summed E-state index contributed by atoms with van der Waals surface area (Å²) in [5, 5.41) is 12.6. The Morgan fingerprint density at radius 1 is 0.761 bits per heavy atom. The zero-order chi connectivity index (χ0) is 31.7. The molecule has 3 atom stereocenters. The molecule has 0 spiro atoms. The molecule has 0 aromatic heterocycles. The number of benzene rings is 5. The molecule has 1 fully saturated rings. The van der Waals surface area contributed by atoms with E-state index in [2.05, 4.69) is 71.9 Å². The zero-order valence-electron chi connectivity index (χ0n) is 26.1. The van der Waals surface area contributed by atoms with Crippen LogP contribution < -0.4 is 5.32 Å². The van der Waals surface area contributed by atoms with Gasteiger partial charge in [0, 0.05) is 37.2 Å². The first-order valence-corrected chi connectivity index (χ1v) is 15.8. The van der Waals surface area contributed by atoms with Gasteiger partial charge in [-0.25, -0.2) is 0 Å². The number of carbonyl (C=O) groups is 1. The van der Waals surface area contributed by atoms with Crippen LogP contribution in [0.1, 0.15) is 57.0 Å². The van der Waals surface area contributed by atoms with Crippen molar-refractivity contribution < 1.29 is 19.4 Å². The molecule has 0 radical (unpaired) electrons. The van der Waals surface area contributed by atoms with Gasteiger partial charge in [0.05, 0.1) is 18.8 Å². The Bertz CT molecular complexity index is 1690. The van der Waals surface area contributed by atoms with E-state index in [1.54, 1.807) is 0 Å². The largest absolute Gasteiger partial charge is 0.392 e. The van der Waals surface area contributed by atoms with Crippen LogP contribution in [0.2, 0.25) is 0 Å². The lowest BCUT2D eigenvalue weighted by molar-refractivity contribution is -0.252. The normalized spacial score (nSPS) is 17.9. The lowest BCUT2D eigenvalue weighted by Gasteiger charge is -2.38. The standard InChI is InChI=1S/C40H40N2O4/c1-42(26-29-10-4-2-5-11-29)27-36-24-38(32-18-16-30(28-43)17-19-32)46-40(45-36)34-22-20-31(21-23-34)37-15-9-8-14-35(37)25-41-39(44)33-12-6-3-7-13-33/h2-23,36,38,40,43H,24-28H2,1H3,(H,41,44). The number of aliphatic hydroxyl groups excluding tert-OH is 1. The lowest BCUT2D eigenvalue weighted by atomic mass is 9.97. The number of ether oxygens (including phenoxy) is 2. The predicted octanol–water partition coefficient (Wildman–Crippen LogP) is 7.45. The second kappa shape index (κ2) is 15.1. The number of hydrogen-bond donors (Lipinski definition) is 2. The van der Waals surface area contributed by atoms with Gasteiger partial charge in [0.25, 0.3) is 5.91 Å². The van der Waals surface area contributed by atoms with E-state index in [1.165, 1.54) is 5.56 Å². The van der Waals surface area contributed by atoms with Gasteiger partial charge in [-0.2, -0.15) is 0 Å². The molecular weight excluding hydrogens is 572 g/mol. The number of hydrogen-bond acceptors (Lipinski definition) is 5. The van der Waals surface area contributed by atoms with Gasteiger partial charge in [-0.1, -0.05) is 121 Å². The van der Waals surface area contributed by atoms with E-state index in [0.717, 1.165) is 52.9 Å². The molecule has 234 valence electrons. The van der Waals surface area contributed by atoms with Crippen molar-refractivity contribution in [1.29, 1.82) is 0 Å². The minimum atomic E-state index is -0.527. The molecule has 0 bridgehead atoms. The van der Waals surface area contributed by atoms with E-state index in [0.29, 0.717) is 12.1 Å². The maximum atomic E-state index is 12.7. The Labute approximate surface area is 271 Å². The molecule has 6 heteroatoms. The Morgan fingerprint density at radius 2 is 1.41 bits per heavy atom. The van der Waals surface area contributed by atoms with E-state index >= 15 is 0 Å². The fourth-order valence-corrected chi connectivity index (χ4v) is 5.98. The molecule has 1 amide bonds. The SMILES string of the molecule is CN(Cc1ccccc1)CC1CC(c2ccc(CO)cc2)OC(c2ccc(-c3ccccc3CNC(=O)c3ccccc3)cc2)O1. The average molecular weight is 613 g/mol. The number of likely N-dealkylation sites (N-methyl/N-ethyl adjacent to an activating group) is 1. The van der Waals surface area contributed by atoms with Crippen molar-refractivity contribution in [3.05, 3.63) is 167 Å². The van der Waals surface area contributed by atoms with Crippen molar-refractivity contribution in [2.45, 2.75) is 44.6 Å². The summed E-state index contributed by atoms with van der Waals surface area (Å²) in [5.74, 6) is -0.0955. The van der Waals surface area contributed by atoms with Gasteiger partial charge in [0.2, 0.25) is 0 Å². The molecule has 1 aliphatic heterocycles. The number of amides is 1. The smallest absolute Gasteiger partial charge is 0.251 e. The summed E-state index contributed by atoms with van der Waals surface area (Å²) in [7, 11) is 2.13. The molecule has 1 heterocycles. The average Bonchev–Trinajstić information content (AvgIpc) is 3.11. The molecule has 5 aromatic carbocycles.